The topological polar surface area (TPSA) is 26.0 Å². The molecule has 0 aliphatic carbocycles. The molecule has 0 aromatic carbocycles. The molecule has 0 saturated heterocycles. The van der Waals surface area contributed by atoms with E-state index in [9.17, 15) is 0 Å². The van der Waals surface area contributed by atoms with E-state index in [1.165, 1.54) is 0 Å². The van der Waals surface area contributed by atoms with Crippen LogP contribution in [0.3, 0.4) is 0 Å². The maximum absolute atomic E-state index is 5.11. The molecule has 0 aromatic rings. The number of hydrogen-bond acceptors (Lipinski definition) is 1. The van der Waals surface area contributed by atoms with Crippen LogP contribution < -0.4 is 5.73 Å². The highest BCUT2D eigenvalue weighted by atomic mass is 14.5. The van der Waals surface area contributed by atoms with Crippen molar-refractivity contribution in [3.8, 4) is 11.8 Å². The zero-order chi connectivity index (χ0) is 5.54. The SMILES string of the molecule is CC#CC=CCN. The van der Waals surface area contributed by atoms with E-state index in [2.05, 4.69) is 11.8 Å². The van der Waals surface area contributed by atoms with E-state index in [-0.39, 0.29) is 0 Å². The molecule has 7 heavy (non-hydrogen) atoms. The maximum Gasteiger partial charge on any atom is 0.0116 e. The molecule has 1 nitrogen and oxygen atoms in total. The summed E-state index contributed by atoms with van der Waals surface area (Å²) in [5, 5.41) is 0. The van der Waals surface area contributed by atoms with Gasteiger partial charge in [0, 0.05) is 6.54 Å². The minimum absolute atomic E-state index is 0.578. The lowest BCUT2D eigenvalue weighted by atomic mass is 10.5. The van der Waals surface area contributed by atoms with Crippen molar-refractivity contribution in [3.63, 3.8) is 0 Å². The van der Waals surface area contributed by atoms with Crippen LogP contribution in [0.4, 0.5) is 0 Å². The maximum atomic E-state index is 5.11. The summed E-state index contributed by atoms with van der Waals surface area (Å²) in [5.74, 6) is 5.45. The zero-order valence-corrected chi connectivity index (χ0v) is 4.44. The van der Waals surface area contributed by atoms with E-state index >= 15 is 0 Å². The van der Waals surface area contributed by atoms with Crippen molar-refractivity contribution in [2.75, 3.05) is 6.54 Å². The quantitative estimate of drug-likeness (QED) is 0.472. The number of allylic oxidation sites excluding steroid dienone is 1. The van der Waals surface area contributed by atoms with Gasteiger partial charge in [-0.1, -0.05) is 12.0 Å². The van der Waals surface area contributed by atoms with Crippen LogP contribution in [-0.4, -0.2) is 6.54 Å². The van der Waals surface area contributed by atoms with Gasteiger partial charge in [0.05, 0.1) is 0 Å². The van der Waals surface area contributed by atoms with Crippen LogP contribution in [0.1, 0.15) is 6.92 Å². The fraction of sp³-hybridized carbons (Fsp3) is 0.333. The number of nitrogens with two attached hydrogens (primary N) is 1. The van der Waals surface area contributed by atoms with E-state index in [1.54, 1.807) is 13.0 Å². The largest absolute Gasteiger partial charge is 0.327 e. The Bertz CT molecular complexity index is 103. The number of hydrogen-bond donors (Lipinski definition) is 1. The van der Waals surface area contributed by atoms with Crippen molar-refractivity contribution in [1.82, 2.24) is 0 Å². The third-order valence-electron chi connectivity index (χ3n) is 0.482. The van der Waals surface area contributed by atoms with E-state index < -0.39 is 0 Å². The summed E-state index contributed by atoms with van der Waals surface area (Å²) in [6.07, 6.45) is 3.57. The lowest BCUT2D eigenvalue weighted by Gasteiger charge is -1.68. The standard InChI is InChI=1S/C6H9N/c1-2-3-4-5-6-7/h4-5H,6-7H2,1H3. The van der Waals surface area contributed by atoms with Crippen molar-refractivity contribution in [3.05, 3.63) is 12.2 Å². The Morgan fingerprint density at radius 3 is 2.86 bits per heavy atom. The normalized spacial score (nSPS) is 8.29. The van der Waals surface area contributed by atoms with Crippen molar-refractivity contribution >= 4 is 0 Å². The Labute approximate surface area is 44.2 Å². The predicted molar refractivity (Wildman–Crippen MR) is 31.6 cm³/mol. The first-order valence-electron chi connectivity index (χ1n) is 2.19. The first-order chi connectivity index (χ1) is 3.41. The third kappa shape index (κ3) is 5.26. The smallest absolute Gasteiger partial charge is 0.0116 e. The second-order valence-electron chi connectivity index (χ2n) is 1.03. The molecule has 0 saturated carbocycles. The summed E-state index contributed by atoms with van der Waals surface area (Å²) >= 11 is 0. The van der Waals surface area contributed by atoms with Gasteiger partial charge in [0.25, 0.3) is 0 Å². The number of rotatable bonds is 1. The lowest BCUT2D eigenvalue weighted by molar-refractivity contribution is 1.26. The molecule has 0 fully saturated rings. The summed E-state index contributed by atoms with van der Waals surface area (Å²) < 4.78 is 0. The highest BCUT2D eigenvalue weighted by molar-refractivity contribution is 5.13. The van der Waals surface area contributed by atoms with Gasteiger partial charge in [-0.25, -0.2) is 0 Å². The Balaban J connectivity index is 3.21. The lowest BCUT2D eigenvalue weighted by Crippen LogP contribution is -1.91. The molecule has 2 N–H and O–H groups in total. The first kappa shape index (κ1) is 6.26. The van der Waals surface area contributed by atoms with Crippen LogP contribution >= 0.6 is 0 Å². The van der Waals surface area contributed by atoms with Gasteiger partial charge in [-0.15, -0.1) is 5.92 Å². The summed E-state index contributed by atoms with van der Waals surface area (Å²) in [7, 11) is 0. The average molecular weight is 95.1 g/mol. The van der Waals surface area contributed by atoms with Gasteiger partial charge >= 0.3 is 0 Å². The second kappa shape index (κ2) is 5.26. The highest BCUT2D eigenvalue weighted by Crippen LogP contribution is 1.62. The van der Waals surface area contributed by atoms with Crippen molar-refractivity contribution in [1.29, 1.82) is 0 Å². The second-order valence-corrected chi connectivity index (χ2v) is 1.03. The van der Waals surface area contributed by atoms with Crippen LogP contribution in [0.25, 0.3) is 0 Å². The van der Waals surface area contributed by atoms with E-state index in [4.69, 9.17) is 5.73 Å². The molecule has 0 rings (SSSR count). The molecule has 0 spiro atoms. The van der Waals surface area contributed by atoms with Crippen molar-refractivity contribution in [2.45, 2.75) is 6.92 Å². The Kier molecular flexibility index (Phi) is 4.70. The van der Waals surface area contributed by atoms with Gasteiger partial charge in [0.1, 0.15) is 0 Å². The molecule has 0 aliphatic heterocycles. The van der Waals surface area contributed by atoms with E-state index in [1.807, 2.05) is 6.08 Å². The molecule has 0 aliphatic rings. The van der Waals surface area contributed by atoms with Gasteiger partial charge in [0.15, 0.2) is 0 Å². The molecule has 0 bridgehead atoms. The average Bonchev–Trinajstić information content (AvgIpc) is 1.69. The predicted octanol–water partition coefficient (Wildman–Crippen LogP) is 0.525. The van der Waals surface area contributed by atoms with Gasteiger partial charge in [0.2, 0.25) is 0 Å². The Morgan fingerprint density at radius 1 is 1.71 bits per heavy atom. The van der Waals surface area contributed by atoms with Gasteiger partial charge in [-0.3, -0.25) is 0 Å². The van der Waals surface area contributed by atoms with Gasteiger partial charge in [-0.2, -0.15) is 0 Å². The summed E-state index contributed by atoms with van der Waals surface area (Å²) in [6, 6.07) is 0. The molecule has 1 heteroatoms. The summed E-state index contributed by atoms with van der Waals surface area (Å²) in [4.78, 5) is 0. The van der Waals surface area contributed by atoms with Crippen molar-refractivity contribution in [2.24, 2.45) is 5.73 Å². The van der Waals surface area contributed by atoms with Gasteiger partial charge in [-0.05, 0) is 13.0 Å². The fourth-order valence-corrected chi connectivity index (χ4v) is 0.210. The third-order valence-corrected chi connectivity index (χ3v) is 0.482. The molecule has 0 unspecified atom stereocenters. The van der Waals surface area contributed by atoms with Crippen LogP contribution in [-0.2, 0) is 0 Å². The van der Waals surface area contributed by atoms with Gasteiger partial charge < -0.3 is 5.73 Å². The van der Waals surface area contributed by atoms with E-state index in [0.29, 0.717) is 6.54 Å². The molecule has 0 radical (unpaired) electrons. The van der Waals surface area contributed by atoms with Crippen molar-refractivity contribution < 1.29 is 0 Å². The van der Waals surface area contributed by atoms with Crippen LogP contribution in [0.2, 0.25) is 0 Å². The molecule has 0 amide bonds. The summed E-state index contributed by atoms with van der Waals surface area (Å²) in [6.45, 7) is 2.37. The highest BCUT2D eigenvalue weighted by Gasteiger charge is 1.56. The summed E-state index contributed by atoms with van der Waals surface area (Å²) in [5.41, 5.74) is 5.11. The van der Waals surface area contributed by atoms with E-state index in [0.717, 1.165) is 0 Å². The minimum atomic E-state index is 0.578. The molecule has 0 aromatic heterocycles. The van der Waals surface area contributed by atoms with Crippen LogP contribution in [0.5, 0.6) is 0 Å². The Morgan fingerprint density at radius 2 is 2.43 bits per heavy atom. The molecular formula is C6H9N. The molecule has 0 atom stereocenters. The van der Waals surface area contributed by atoms with Crippen LogP contribution in [0, 0.1) is 11.8 Å². The Hall–Kier alpha value is -0.740. The zero-order valence-electron chi connectivity index (χ0n) is 4.44. The molecule has 38 valence electrons. The van der Waals surface area contributed by atoms with Crippen LogP contribution in [0.15, 0.2) is 12.2 Å². The molecular weight excluding hydrogens is 86.1 g/mol. The first-order valence-corrected chi connectivity index (χ1v) is 2.19. The fourth-order valence-electron chi connectivity index (χ4n) is 0.210. The minimum Gasteiger partial charge on any atom is -0.327 e. The molecule has 0 heterocycles. The monoisotopic (exact) mass is 95.1 g/mol.